The molecule has 5 aliphatic rings. The number of benzene rings is 2. The minimum absolute atomic E-state index is 0.137. The highest BCUT2D eigenvalue weighted by Gasteiger charge is 2.67. The summed E-state index contributed by atoms with van der Waals surface area (Å²) in [6, 6.07) is 12.6. The lowest BCUT2D eigenvalue weighted by Gasteiger charge is -2.37. The molecule has 0 unspecified atom stereocenters. The van der Waals surface area contributed by atoms with Crippen LogP contribution >= 0.6 is 15.9 Å². The van der Waals surface area contributed by atoms with E-state index in [9.17, 15) is 14.4 Å². The van der Waals surface area contributed by atoms with Gasteiger partial charge in [-0.05, 0) is 72.8 Å². The lowest BCUT2D eigenvalue weighted by atomic mass is 9.63. The van der Waals surface area contributed by atoms with Gasteiger partial charge in [0.1, 0.15) is 6.04 Å². The molecule has 0 aromatic heterocycles. The molecule has 2 aromatic carbocycles. The van der Waals surface area contributed by atoms with Gasteiger partial charge < -0.3 is 5.32 Å². The maximum atomic E-state index is 13.7. The molecular weight excluding hydrogens is 492 g/mol. The van der Waals surface area contributed by atoms with Crippen molar-refractivity contribution in [2.45, 2.75) is 32.7 Å². The summed E-state index contributed by atoms with van der Waals surface area (Å²) in [5.74, 6) is 0.0587. The summed E-state index contributed by atoms with van der Waals surface area (Å²) in [7, 11) is 0. The molecule has 34 heavy (non-hydrogen) atoms. The Balaban J connectivity index is 1.34. The van der Waals surface area contributed by atoms with Crippen LogP contribution < -0.4 is 5.32 Å². The Morgan fingerprint density at radius 1 is 1.00 bits per heavy atom. The number of rotatable bonds is 5. The lowest BCUT2D eigenvalue weighted by molar-refractivity contribution is -0.146. The van der Waals surface area contributed by atoms with Crippen molar-refractivity contribution in [3.8, 4) is 0 Å². The van der Waals surface area contributed by atoms with Gasteiger partial charge in [0.25, 0.3) is 0 Å². The van der Waals surface area contributed by atoms with Gasteiger partial charge in [0.2, 0.25) is 17.7 Å². The van der Waals surface area contributed by atoms with Gasteiger partial charge in [0, 0.05) is 16.6 Å². The molecule has 7 atom stereocenters. The van der Waals surface area contributed by atoms with Gasteiger partial charge in [-0.1, -0.05) is 58.4 Å². The summed E-state index contributed by atoms with van der Waals surface area (Å²) < 4.78 is 0.972. The summed E-state index contributed by atoms with van der Waals surface area (Å²) in [4.78, 5) is 42.5. The Bertz CT molecular complexity index is 1200. The number of hydrogen-bond donors (Lipinski definition) is 1. The second-order valence-electron chi connectivity index (χ2n) is 10.3. The maximum absolute atomic E-state index is 13.7. The van der Waals surface area contributed by atoms with Gasteiger partial charge >= 0.3 is 0 Å². The normalized spacial score (nSPS) is 31.3. The molecule has 2 bridgehead atoms. The number of halogens is 1. The van der Waals surface area contributed by atoms with Crippen molar-refractivity contribution in [2.24, 2.45) is 35.5 Å². The van der Waals surface area contributed by atoms with Crippen LogP contribution in [-0.2, 0) is 20.8 Å². The summed E-state index contributed by atoms with van der Waals surface area (Å²) in [6.45, 7) is 3.90. The molecule has 0 spiro atoms. The van der Waals surface area contributed by atoms with Gasteiger partial charge in [-0.2, -0.15) is 0 Å². The molecule has 7 rings (SSSR count). The third-order valence-corrected chi connectivity index (χ3v) is 9.20. The first-order valence-corrected chi connectivity index (χ1v) is 12.8. The van der Waals surface area contributed by atoms with Crippen LogP contribution in [0.5, 0.6) is 0 Å². The number of likely N-dealkylation sites (tertiary alicyclic amines) is 1. The minimum atomic E-state index is -0.882. The highest BCUT2D eigenvalue weighted by atomic mass is 79.9. The number of imide groups is 1. The van der Waals surface area contributed by atoms with E-state index < -0.39 is 6.04 Å². The first-order valence-electron chi connectivity index (χ1n) is 12.0. The number of amides is 3. The van der Waals surface area contributed by atoms with Crippen molar-refractivity contribution in [3.05, 3.63) is 75.8 Å². The van der Waals surface area contributed by atoms with Gasteiger partial charge in [0.05, 0.1) is 11.8 Å². The van der Waals surface area contributed by atoms with Crippen molar-refractivity contribution in [2.75, 3.05) is 5.32 Å². The van der Waals surface area contributed by atoms with Crippen LogP contribution in [0.25, 0.3) is 0 Å². The fraction of sp³-hybridized carbons (Fsp3) is 0.393. The zero-order valence-electron chi connectivity index (χ0n) is 19.2. The Kier molecular flexibility index (Phi) is 5.07. The molecule has 3 fully saturated rings. The Labute approximate surface area is 207 Å². The number of allylic oxidation sites excluding steroid dienone is 2. The van der Waals surface area contributed by atoms with Crippen LogP contribution in [0, 0.1) is 49.4 Å². The largest absolute Gasteiger partial charge is 0.324 e. The van der Waals surface area contributed by atoms with Crippen LogP contribution in [-0.4, -0.2) is 28.7 Å². The Hall–Kier alpha value is -2.73. The highest BCUT2D eigenvalue weighted by molar-refractivity contribution is 9.10. The molecule has 2 aromatic rings. The van der Waals surface area contributed by atoms with E-state index in [0.29, 0.717) is 23.9 Å². The SMILES string of the molecule is Cc1cc(NC(=O)[C@H](Cc2ccccc2)N2C(=O)[C@@H]3[C@H]4C=C[C@@H]([C@@H]5C[C@@H]45)[C@@H]3C2=O)c(C)cc1Br. The van der Waals surface area contributed by atoms with E-state index in [1.807, 2.05) is 56.3 Å². The second-order valence-corrected chi connectivity index (χ2v) is 11.2. The molecule has 2 saturated carbocycles. The van der Waals surface area contributed by atoms with E-state index in [2.05, 4.69) is 33.4 Å². The molecule has 1 aliphatic heterocycles. The summed E-state index contributed by atoms with van der Waals surface area (Å²) in [6.07, 6.45) is 5.74. The fourth-order valence-electron chi connectivity index (χ4n) is 6.56. The smallest absolute Gasteiger partial charge is 0.248 e. The fourth-order valence-corrected chi connectivity index (χ4v) is 7.02. The number of nitrogens with one attached hydrogen (secondary N) is 1. The zero-order valence-corrected chi connectivity index (χ0v) is 20.8. The molecule has 1 heterocycles. The van der Waals surface area contributed by atoms with Crippen molar-refractivity contribution in [1.82, 2.24) is 4.90 Å². The quantitative estimate of drug-likeness (QED) is 0.462. The van der Waals surface area contributed by atoms with Crippen molar-refractivity contribution in [1.29, 1.82) is 0 Å². The van der Waals surface area contributed by atoms with Gasteiger partial charge in [-0.3, -0.25) is 19.3 Å². The van der Waals surface area contributed by atoms with E-state index >= 15 is 0 Å². The van der Waals surface area contributed by atoms with Gasteiger partial charge in [-0.25, -0.2) is 0 Å². The van der Waals surface area contributed by atoms with Crippen LogP contribution in [0.15, 0.2) is 59.1 Å². The van der Waals surface area contributed by atoms with E-state index in [1.165, 1.54) is 4.90 Å². The average Bonchev–Trinajstić information content (AvgIpc) is 3.60. The predicted molar refractivity (Wildman–Crippen MR) is 133 cm³/mol. The summed E-state index contributed by atoms with van der Waals surface area (Å²) in [5, 5.41) is 3.03. The van der Waals surface area contributed by atoms with Gasteiger partial charge in [0.15, 0.2) is 0 Å². The molecule has 3 amide bonds. The summed E-state index contributed by atoms with van der Waals surface area (Å²) in [5.41, 5.74) is 3.54. The van der Waals surface area contributed by atoms with E-state index in [1.54, 1.807) is 0 Å². The van der Waals surface area contributed by atoms with Crippen LogP contribution in [0.2, 0.25) is 0 Å². The molecule has 1 saturated heterocycles. The molecule has 0 radical (unpaired) electrons. The van der Waals surface area contributed by atoms with E-state index in [0.717, 1.165) is 27.6 Å². The number of nitrogens with zero attached hydrogens (tertiary/aromatic N) is 1. The number of anilines is 1. The van der Waals surface area contributed by atoms with E-state index in [-0.39, 0.29) is 41.4 Å². The first kappa shape index (κ1) is 21.8. The van der Waals surface area contributed by atoms with Crippen LogP contribution in [0.1, 0.15) is 23.1 Å². The first-order chi connectivity index (χ1) is 16.3. The topological polar surface area (TPSA) is 66.5 Å². The second kappa shape index (κ2) is 7.91. The molecule has 174 valence electrons. The Morgan fingerprint density at radius 3 is 2.24 bits per heavy atom. The van der Waals surface area contributed by atoms with Crippen molar-refractivity contribution >= 4 is 39.3 Å². The lowest BCUT2D eigenvalue weighted by Crippen LogP contribution is -2.49. The molecule has 5 nitrogen and oxygen atoms in total. The number of carbonyl (C=O) groups excluding carboxylic acids is 3. The van der Waals surface area contributed by atoms with E-state index in [4.69, 9.17) is 0 Å². The maximum Gasteiger partial charge on any atom is 0.248 e. The van der Waals surface area contributed by atoms with Gasteiger partial charge in [-0.15, -0.1) is 0 Å². The molecule has 4 aliphatic carbocycles. The molecule has 6 heteroatoms. The molecular formula is C28H27BrN2O3. The third kappa shape index (κ3) is 3.29. The zero-order chi connectivity index (χ0) is 23.7. The predicted octanol–water partition coefficient (Wildman–Crippen LogP) is 4.67. The minimum Gasteiger partial charge on any atom is -0.324 e. The monoisotopic (exact) mass is 518 g/mol. The van der Waals surface area contributed by atoms with Crippen LogP contribution in [0.3, 0.4) is 0 Å². The average molecular weight is 519 g/mol. The summed E-state index contributed by atoms with van der Waals surface area (Å²) >= 11 is 3.53. The Morgan fingerprint density at radius 2 is 1.62 bits per heavy atom. The number of aryl methyl sites for hydroxylation is 2. The van der Waals surface area contributed by atoms with Crippen LogP contribution in [0.4, 0.5) is 5.69 Å². The van der Waals surface area contributed by atoms with Crippen molar-refractivity contribution < 1.29 is 14.4 Å². The number of hydrogen-bond acceptors (Lipinski definition) is 3. The molecule has 1 N–H and O–H groups in total. The number of carbonyl (C=O) groups is 3. The van der Waals surface area contributed by atoms with Crippen molar-refractivity contribution in [3.63, 3.8) is 0 Å². The third-order valence-electron chi connectivity index (χ3n) is 8.35. The standard InChI is InChI=1S/C28H27BrN2O3/c1-14-11-22(15(2)10-21(14)29)30-26(32)23(12-16-6-4-3-5-7-16)31-27(33)24-17-8-9-18(20-13-19(17)20)25(24)28(31)34/h3-11,17-20,23-25H,12-13H2,1-2H3,(H,30,32)/t17-,18-,19-,20-,23-,24-,25+/m0/s1. The highest BCUT2D eigenvalue weighted by Crippen LogP contribution is 2.65.